The molecule has 5 heteroatoms. The summed E-state index contributed by atoms with van der Waals surface area (Å²) in [6.07, 6.45) is 7.12. The first-order chi connectivity index (χ1) is 11.2. The molecule has 1 aliphatic carbocycles. The molecule has 1 saturated carbocycles. The van der Waals surface area contributed by atoms with Gasteiger partial charge in [-0.3, -0.25) is 4.79 Å². The number of nitrogens with two attached hydrogens (primary N) is 1. The average molecular weight is 316 g/mol. The van der Waals surface area contributed by atoms with E-state index in [0.717, 1.165) is 12.0 Å². The molecule has 0 atom stereocenters. The Morgan fingerprint density at radius 1 is 1.30 bits per heavy atom. The molecule has 0 radical (unpaired) electrons. The number of hydrogen-bond acceptors (Lipinski definition) is 2. The number of nitrogens with one attached hydrogen (secondary N) is 2. The molecule has 0 aromatic heterocycles. The lowest BCUT2D eigenvalue weighted by Gasteiger charge is -2.23. The summed E-state index contributed by atoms with van der Waals surface area (Å²) in [5.74, 6) is 0.462. The van der Waals surface area contributed by atoms with Gasteiger partial charge in [-0.25, -0.2) is 4.99 Å². The van der Waals surface area contributed by atoms with Gasteiger partial charge in [0.1, 0.15) is 0 Å². The van der Waals surface area contributed by atoms with Crippen LogP contribution in [-0.4, -0.2) is 24.5 Å². The molecule has 1 fully saturated rings. The van der Waals surface area contributed by atoms with Crippen LogP contribution in [0.5, 0.6) is 0 Å². The lowest BCUT2D eigenvalue weighted by Crippen LogP contribution is -2.41. The van der Waals surface area contributed by atoms with Crippen LogP contribution in [0.25, 0.3) is 0 Å². The van der Waals surface area contributed by atoms with Gasteiger partial charge < -0.3 is 16.4 Å². The van der Waals surface area contributed by atoms with Crippen molar-refractivity contribution in [2.24, 2.45) is 10.7 Å². The number of carbonyl (C=O) groups is 1. The molecule has 23 heavy (non-hydrogen) atoms. The van der Waals surface area contributed by atoms with E-state index in [1.807, 2.05) is 31.2 Å². The van der Waals surface area contributed by atoms with Gasteiger partial charge in [-0.1, -0.05) is 38.3 Å². The quantitative estimate of drug-likeness (QED) is 0.557. The lowest BCUT2D eigenvalue weighted by atomic mass is 9.96. The molecule has 1 aliphatic rings. The third-order valence-electron chi connectivity index (χ3n) is 4.11. The fraction of sp³-hybridized carbons (Fsp3) is 0.556. The third-order valence-corrected chi connectivity index (χ3v) is 4.11. The second-order valence-electron chi connectivity index (χ2n) is 6.14. The molecule has 5 nitrogen and oxygen atoms in total. The Hall–Kier alpha value is -2.04. The lowest BCUT2D eigenvalue weighted by molar-refractivity contribution is 0.0953. The predicted molar refractivity (Wildman–Crippen MR) is 94.4 cm³/mol. The first-order valence-corrected chi connectivity index (χ1v) is 8.62. The van der Waals surface area contributed by atoms with E-state index in [4.69, 9.17) is 5.73 Å². The topological polar surface area (TPSA) is 79.5 Å². The summed E-state index contributed by atoms with van der Waals surface area (Å²) in [5.41, 5.74) is 7.64. The van der Waals surface area contributed by atoms with Crippen molar-refractivity contribution < 1.29 is 4.79 Å². The summed E-state index contributed by atoms with van der Waals surface area (Å²) in [7, 11) is 0. The molecule has 0 heterocycles. The Morgan fingerprint density at radius 3 is 2.83 bits per heavy atom. The molecule has 0 unspecified atom stereocenters. The molecule has 2 rings (SSSR count). The largest absolute Gasteiger partial charge is 0.370 e. The first kappa shape index (κ1) is 17.3. The molecule has 0 saturated heterocycles. The van der Waals surface area contributed by atoms with Gasteiger partial charge in [-0.15, -0.1) is 0 Å². The van der Waals surface area contributed by atoms with Crippen molar-refractivity contribution in [3.05, 3.63) is 35.4 Å². The van der Waals surface area contributed by atoms with Gasteiger partial charge in [0.2, 0.25) is 0 Å². The van der Waals surface area contributed by atoms with Crippen molar-refractivity contribution in [2.45, 2.75) is 58.0 Å². The Labute approximate surface area is 138 Å². The highest BCUT2D eigenvalue weighted by Gasteiger charge is 2.13. The van der Waals surface area contributed by atoms with Gasteiger partial charge in [-0.05, 0) is 37.0 Å². The maximum atomic E-state index is 12.0. The molecule has 1 amide bonds. The summed E-state index contributed by atoms with van der Waals surface area (Å²) in [5, 5.41) is 6.19. The van der Waals surface area contributed by atoms with Gasteiger partial charge in [0.25, 0.3) is 5.91 Å². The molecule has 0 spiro atoms. The Bertz CT molecular complexity index is 536. The Balaban J connectivity index is 1.88. The van der Waals surface area contributed by atoms with Crippen LogP contribution in [0.1, 0.15) is 61.4 Å². The van der Waals surface area contributed by atoms with Crippen LogP contribution in [0.4, 0.5) is 0 Å². The molecule has 1 aromatic carbocycles. The second-order valence-corrected chi connectivity index (χ2v) is 6.14. The van der Waals surface area contributed by atoms with Crippen molar-refractivity contribution in [1.82, 2.24) is 10.6 Å². The number of rotatable bonds is 6. The van der Waals surface area contributed by atoms with E-state index in [1.54, 1.807) is 0 Å². The normalized spacial score (nSPS) is 16.1. The smallest absolute Gasteiger partial charge is 0.251 e. The maximum absolute atomic E-state index is 12.0. The minimum atomic E-state index is -0.0361. The van der Waals surface area contributed by atoms with Crippen LogP contribution >= 0.6 is 0 Å². The van der Waals surface area contributed by atoms with Gasteiger partial charge in [-0.2, -0.15) is 0 Å². The monoisotopic (exact) mass is 316 g/mol. The number of nitrogens with zero attached hydrogens (tertiary/aromatic N) is 1. The molecule has 0 bridgehead atoms. The van der Waals surface area contributed by atoms with E-state index in [1.165, 1.54) is 32.1 Å². The van der Waals surface area contributed by atoms with Crippen molar-refractivity contribution in [2.75, 3.05) is 6.54 Å². The number of hydrogen-bond donors (Lipinski definition) is 3. The molecule has 1 aromatic rings. The zero-order valence-electron chi connectivity index (χ0n) is 14.0. The van der Waals surface area contributed by atoms with Crippen molar-refractivity contribution >= 4 is 11.9 Å². The van der Waals surface area contributed by atoms with Crippen LogP contribution < -0.4 is 16.4 Å². The summed E-state index contributed by atoms with van der Waals surface area (Å²) in [4.78, 5) is 16.4. The third kappa shape index (κ3) is 5.93. The highest BCUT2D eigenvalue weighted by molar-refractivity contribution is 5.94. The number of benzene rings is 1. The van der Waals surface area contributed by atoms with Crippen LogP contribution in [0, 0.1) is 0 Å². The van der Waals surface area contributed by atoms with Crippen molar-refractivity contribution in [3.8, 4) is 0 Å². The number of guanidine groups is 1. The predicted octanol–water partition coefficient (Wildman–Crippen LogP) is 2.56. The average Bonchev–Trinajstić information content (AvgIpc) is 2.59. The highest BCUT2D eigenvalue weighted by Crippen LogP contribution is 2.17. The fourth-order valence-electron chi connectivity index (χ4n) is 2.83. The van der Waals surface area contributed by atoms with Crippen molar-refractivity contribution in [3.63, 3.8) is 0 Å². The van der Waals surface area contributed by atoms with Gasteiger partial charge in [0.05, 0.1) is 6.54 Å². The minimum Gasteiger partial charge on any atom is -0.370 e. The maximum Gasteiger partial charge on any atom is 0.251 e. The SMILES string of the molecule is CCCNC(=O)c1cccc(CN=C(N)NC2CCCCC2)c1. The summed E-state index contributed by atoms with van der Waals surface area (Å²) in [6, 6.07) is 8.01. The zero-order chi connectivity index (χ0) is 16.5. The van der Waals surface area contributed by atoms with Crippen LogP contribution in [-0.2, 0) is 6.54 Å². The fourth-order valence-corrected chi connectivity index (χ4v) is 2.83. The molecule has 4 N–H and O–H groups in total. The van der Waals surface area contributed by atoms with E-state index in [0.29, 0.717) is 30.7 Å². The van der Waals surface area contributed by atoms with Crippen molar-refractivity contribution in [1.29, 1.82) is 0 Å². The molecular weight excluding hydrogens is 288 g/mol. The van der Waals surface area contributed by atoms with Crippen LogP contribution in [0.2, 0.25) is 0 Å². The zero-order valence-corrected chi connectivity index (χ0v) is 14.0. The Morgan fingerprint density at radius 2 is 2.09 bits per heavy atom. The van der Waals surface area contributed by atoms with Gasteiger partial charge >= 0.3 is 0 Å². The van der Waals surface area contributed by atoms with Crippen LogP contribution in [0.3, 0.4) is 0 Å². The summed E-state index contributed by atoms with van der Waals surface area (Å²) < 4.78 is 0. The minimum absolute atomic E-state index is 0.0361. The molecule has 0 aliphatic heterocycles. The van der Waals surface area contributed by atoms with Gasteiger partial charge in [0.15, 0.2) is 5.96 Å². The Kier molecular flexibility index (Phi) is 6.91. The number of carbonyl (C=O) groups excluding carboxylic acids is 1. The highest BCUT2D eigenvalue weighted by atomic mass is 16.1. The van der Waals surface area contributed by atoms with E-state index in [9.17, 15) is 4.79 Å². The summed E-state index contributed by atoms with van der Waals surface area (Å²) >= 11 is 0. The van der Waals surface area contributed by atoms with E-state index >= 15 is 0 Å². The number of aliphatic imine (C=N–C) groups is 1. The molecule has 126 valence electrons. The van der Waals surface area contributed by atoms with Gasteiger partial charge in [0, 0.05) is 18.2 Å². The first-order valence-electron chi connectivity index (χ1n) is 8.62. The van der Waals surface area contributed by atoms with E-state index in [-0.39, 0.29) is 5.91 Å². The van der Waals surface area contributed by atoms with E-state index < -0.39 is 0 Å². The second kappa shape index (κ2) is 9.18. The molecular formula is C18H28N4O. The van der Waals surface area contributed by atoms with E-state index in [2.05, 4.69) is 15.6 Å². The standard InChI is InChI=1S/C18H28N4O/c1-2-11-20-17(23)15-8-6-7-14(12-15)13-21-18(19)22-16-9-4-3-5-10-16/h6-8,12,16H,2-5,9-11,13H2,1H3,(H,20,23)(H3,19,21,22). The summed E-state index contributed by atoms with van der Waals surface area (Å²) in [6.45, 7) is 3.22. The number of amides is 1. The van der Waals surface area contributed by atoms with Crippen LogP contribution in [0.15, 0.2) is 29.3 Å².